The molecule has 0 spiro atoms. The van der Waals surface area contributed by atoms with E-state index in [1.165, 1.54) is 0 Å². The number of nitrogens with zero attached hydrogens (tertiary/aromatic N) is 4. The number of halogens is 1. The Morgan fingerprint density at radius 1 is 1.10 bits per heavy atom. The van der Waals surface area contributed by atoms with Crippen molar-refractivity contribution in [3.05, 3.63) is 65.2 Å². The van der Waals surface area contributed by atoms with E-state index in [-0.39, 0.29) is 0 Å². The van der Waals surface area contributed by atoms with Crippen molar-refractivity contribution in [2.75, 3.05) is 0 Å². The van der Waals surface area contributed by atoms with Crippen molar-refractivity contribution in [3.63, 3.8) is 0 Å². The van der Waals surface area contributed by atoms with Gasteiger partial charge in [-0.15, -0.1) is 5.10 Å². The highest BCUT2D eigenvalue weighted by Crippen LogP contribution is 2.16. The molecule has 2 aromatic heterocycles. The first kappa shape index (κ1) is 12.8. The summed E-state index contributed by atoms with van der Waals surface area (Å²) < 4.78 is 8.33. The molecule has 100 valence electrons. The van der Waals surface area contributed by atoms with E-state index in [0.29, 0.717) is 6.61 Å². The lowest BCUT2D eigenvalue weighted by Crippen LogP contribution is -1.99. The smallest absolute Gasteiger partial charge is 0.130 e. The second kappa shape index (κ2) is 5.83. The van der Waals surface area contributed by atoms with Crippen LogP contribution in [-0.4, -0.2) is 20.0 Å². The van der Waals surface area contributed by atoms with Gasteiger partial charge in [0.05, 0.1) is 23.8 Å². The first-order valence-electron chi connectivity index (χ1n) is 6.01. The Morgan fingerprint density at radius 3 is 2.60 bits per heavy atom. The highest BCUT2D eigenvalue weighted by molar-refractivity contribution is 9.10. The van der Waals surface area contributed by atoms with Gasteiger partial charge in [0.15, 0.2) is 0 Å². The number of aromatic nitrogens is 4. The second-order valence-corrected chi connectivity index (χ2v) is 5.01. The molecule has 0 aliphatic rings. The molecule has 0 atom stereocenters. The van der Waals surface area contributed by atoms with E-state index >= 15 is 0 Å². The van der Waals surface area contributed by atoms with Crippen LogP contribution >= 0.6 is 15.9 Å². The van der Waals surface area contributed by atoms with Crippen LogP contribution in [0, 0.1) is 0 Å². The molecule has 2 heterocycles. The number of benzene rings is 1. The summed E-state index contributed by atoms with van der Waals surface area (Å²) in [5.41, 5.74) is 1.82. The lowest BCUT2D eigenvalue weighted by molar-refractivity contribution is 0.301. The Kier molecular flexibility index (Phi) is 3.73. The van der Waals surface area contributed by atoms with Crippen LogP contribution in [0.5, 0.6) is 5.75 Å². The van der Waals surface area contributed by atoms with Crippen molar-refractivity contribution in [1.82, 2.24) is 20.0 Å². The fourth-order valence-corrected chi connectivity index (χ4v) is 1.92. The quantitative estimate of drug-likeness (QED) is 0.737. The van der Waals surface area contributed by atoms with Crippen molar-refractivity contribution in [1.29, 1.82) is 0 Å². The average molecular weight is 331 g/mol. The maximum atomic E-state index is 5.68. The molecule has 0 saturated heterocycles. The van der Waals surface area contributed by atoms with Gasteiger partial charge in [-0.2, -0.15) is 0 Å². The van der Waals surface area contributed by atoms with Gasteiger partial charge in [0.25, 0.3) is 0 Å². The highest BCUT2D eigenvalue weighted by atomic mass is 79.9. The van der Waals surface area contributed by atoms with Crippen LogP contribution in [0.2, 0.25) is 0 Å². The van der Waals surface area contributed by atoms with E-state index < -0.39 is 0 Å². The highest BCUT2D eigenvalue weighted by Gasteiger charge is 2.00. The van der Waals surface area contributed by atoms with Crippen molar-refractivity contribution < 1.29 is 4.74 Å². The van der Waals surface area contributed by atoms with Crippen LogP contribution in [0.25, 0.3) is 5.69 Å². The lowest BCUT2D eigenvalue weighted by atomic mass is 10.3. The van der Waals surface area contributed by atoms with Crippen molar-refractivity contribution in [3.8, 4) is 11.4 Å². The van der Waals surface area contributed by atoms with Gasteiger partial charge in [0.1, 0.15) is 12.4 Å². The van der Waals surface area contributed by atoms with Gasteiger partial charge in [-0.3, -0.25) is 4.98 Å². The summed E-state index contributed by atoms with van der Waals surface area (Å²) in [6, 6.07) is 11.5. The molecular formula is C14H11BrN4O. The molecule has 20 heavy (non-hydrogen) atoms. The van der Waals surface area contributed by atoms with Crippen LogP contribution in [0.1, 0.15) is 5.69 Å². The first-order chi connectivity index (χ1) is 9.81. The van der Waals surface area contributed by atoms with Crippen LogP contribution in [-0.2, 0) is 6.61 Å². The molecule has 0 bridgehead atoms. The molecule has 0 aliphatic carbocycles. The number of pyridine rings is 1. The second-order valence-electron chi connectivity index (χ2n) is 4.10. The van der Waals surface area contributed by atoms with E-state index in [4.69, 9.17) is 4.74 Å². The number of hydrogen-bond acceptors (Lipinski definition) is 4. The van der Waals surface area contributed by atoms with Crippen molar-refractivity contribution >= 4 is 15.9 Å². The minimum atomic E-state index is 0.440. The van der Waals surface area contributed by atoms with E-state index in [1.54, 1.807) is 23.3 Å². The molecular weight excluding hydrogens is 320 g/mol. The third kappa shape index (κ3) is 3.03. The fraction of sp³-hybridized carbons (Fsp3) is 0.0714. The van der Waals surface area contributed by atoms with Crippen LogP contribution in [0.15, 0.2) is 59.5 Å². The zero-order valence-electron chi connectivity index (χ0n) is 10.5. The van der Waals surface area contributed by atoms with Crippen LogP contribution in [0.4, 0.5) is 0 Å². The third-order valence-electron chi connectivity index (χ3n) is 2.70. The average Bonchev–Trinajstić information content (AvgIpc) is 3.01. The Balaban J connectivity index is 1.65. The predicted molar refractivity (Wildman–Crippen MR) is 77.6 cm³/mol. The maximum Gasteiger partial charge on any atom is 0.130 e. The SMILES string of the molecule is Brc1ccc(COc2ccc(-n3ccnn3)cc2)nc1. The number of hydrogen-bond donors (Lipinski definition) is 0. The first-order valence-corrected chi connectivity index (χ1v) is 6.80. The summed E-state index contributed by atoms with van der Waals surface area (Å²) in [5, 5.41) is 7.70. The lowest BCUT2D eigenvalue weighted by Gasteiger charge is -2.07. The van der Waals surface area contributed by atoms with Gasteiger partial charge >= 0.3 is 0 Å². The molecule has 0 aliphatic heterocycles. The Morgan fingerprint density at radius 2 is 1.95 bits per heavy atom. The summed E-state index contributed by atoms with van der Waals surface area (Å²) in [6.45, 7) is 0.440. The maximum absolute atomic E-state index is 5.68. The number of ether oxygens (including phenoxy) is 1. The van der Waals surface area contributed by atoms with Crippen molar-refractivity contribution in [2.45, 2.75) is 6.61 Å². The molecule has 0 unspecified atom stereocenters. The third-order valence-corrected chi connectivity index (χ3v) is 3.17. The Labute approximate surface area is 124 Å². The summed E-state index contributed by atoms with van der Waals surface area (Å²) in [5.74, 6) is 0.790. The van der Waals surface area contributed by atoms with Gasteiger partial charge in [-0.25, -0.2) is 4.68 Å². The Hall–Kier alpha value is -2.21. The normalized spacial score (nSPS) is 10.4. The van der Waals surface area contributed by atoms with Gasteiger partial charge in [0.2, 0.25) is 0 Å². The standard InChI is InChI=1S/C14H11BrN4O/c15-11-1-2-12(16-9-11)10-20-14-5-3-13(4-6-14)19-8-7-17-18-19/h1-9H,10H2. The molecule has 0 amide bonds. The van der Waals surface area contributed by atoms with Crippen LogP contribution < -0.4 is 4.74 Å². The Bertz CT molecular complexity index is 665. The van der Waals surface area contributed by atoms with Crippen molar-refractivity contribution in [2.24, 2.45) is 0 Å². The summed E-state index contributed by atoms with van der Waals surface area (Å²) in [6.07, 6.45) is 5.19. The topological polar surface area (TPSA) is 52.8 Å². The molecule has 0 radical (unpaired) electrons. The molecule has 3 rings (SSSR count). The van der Waals surface area contributed by atoms with Gasteiger partial charge in [-0.05, 0) is 52.3 Å². The predicted octanol–water partition coefficient (Wildman–Crippen LogP) is 3.00. The van der Waals surface area contributed by atoms with E-state index in [9.17, 15) is 0 Å². The molecule has 1 aromatic carbocycles. The molecule has 6 heteroatoms. The van der Waals surface area contributed by atoms with Gasteiger partial charge < -0.3 is 4.74 Å². The van der Waals surface area contributed by atoms with Gasteiger partial charge in [-0.1, -0.05) is 5.21 Å². The molecule has 0 N–H and O–H groups in total. The molecule has 0 fully saturated rings. The largest absolute Gasteiger partial charge is 0.487 e. The summed E-state index contributed by atoms with van der Waals surface area (Å²) in [7, 11) is 0. The zero-order chi connectivity index (χ0) is 13.8. The zero-order valence-corrected chi connectivity index (χ0v) is 12.1. The van der Waals surface area contributed by atoms with E-state index in [2.05, 4.69) is 31.2 Å². The molecule has 5 nitrogen and oxygen atoms in total. The van der Waals surface area contributed by atoms with Gasteiger partial charge in [0, 0.05) is 10.7 Å². The minimum absolute atomic E-state index is 0.440. The summed E-state index contributed by atoms with van der Waals surface area (Å²) in [4.78, 5) is 4.26. The monoisotopic (exact) mass is 330 g/mol. The number of rotatable bonds is 4. The molecule has 0 saturated carbocycles. The van der Waals surface area contributed by atoms with E-state index in [1.807, 2.05) is 36.4 Å². The summed E-state index contributed by atoms with van der Waals surface area (Å²) >= 11 is 3.35. The van der Waals surface area contributed by atoms with Crippen LogP contribution in [0.3, 0.4) is 0 Å². The molecule has 3 aromatic rings. The van der Waals surface area contributed by atoms with E-state index in [0.717, 1.165) is 21.6 Å². The fourth-order valence-electron chi connectivity index (χ4n) is 1.69. The minimum Gasteiger partial charge on any atom is -0.487 e.